The van der Waals surface area contributed by atoms with Crippen molar-refractivity contribution >= 4 is 47.4 Å². The van der Waals surface area contributed by atoms with Crippen LogP contribution in [0.25, 0.3) is 0 Å². The Morgan fingerprint density at radius 1 is 0.733 bits per heavy atom. The number of carbonyl (C=O) groups is 8. The first-order valence-corrected chi connectivity index (χ1v) is 20.2. The monoisotopic (exact) mass is 837 g/mol. The minimum atomic E-state index is -1.54. The molecule has 2 aromatic rings. The molecular weight excluding hydrogens is 778 g/mol. The molecule has 0 saturated carbocycles. The van der Waals surface area contributed by atoms with E-state index < -0.39 is 114 Å². The lowest BCUT2D eigenvalue weighted by molar-refractivity contribution is -0.146. The first kappa shape index (κ1) is 48.3. The molecule has 3 rings (SSSR count). The summed E-state index contributed by atoms with van der Waals surface area (Å²) in [7, 11) is 0. The van der Waals surface area contributed by atoms with Crippen LogP contribution in [0, 0.1) is 11.8 Å². The second-order valence-corrected chi connectivity index (χ2v) is 15.6. The summed E-state index contributed by atoms with van der Waals surface area (Å²) < 4.78 is 0. The van der Waals surface area contributed by atoms with Crippen LogP contribution in [0.3, 0.4) is 0 Å². The Balaban J connectivity index is 1.86. The number of nitrogens with two attached hydrogens (primary N) is 1. The Bertz CT molecular complexity index is 1880. The van der Waals surface area contributed by atoms with E-state index in [0.717, 1.165) is 5.56 Å². The number of carboxylic acids is 2. The van der Waals surface area contributed by atoms with Crippen molar-refractivity contribution in [2.45, 2.75) is 122 Å². The second-order valence-electron chi connectivity index (χ2n) is 15.6. The highest BCUT2D eigenvalue weighted by atomic mass is 16.4. The highest BCUT2D eigenvalue weighted by Crippen LogP contribution is 2.32. The maximum absolute atomic E-state index is 14.1. The molecule has 18 nitrogen and oxygen atoms in total. The van der Waals surface area contributed by atoms with Crippen LogP contribution in [0.4, 0.5) is 0 Å². The minimum absolute atomic E-state index is 0.0281. The van der Waals surface area contributed by atoms with E-state index in [1.54, 1.807) is 70.2 Å². The fourth-order valence-corrected chi connectivity index (χ4v) is 6.98. The van der Waals surface area contributed by atoms with Crippen molar-refractivity contribution in [1.29, 1.82) is 0 Å². The van der Waals surface area contributed by atoms with Gasteiger partial charge in [0, 0.05) is 19.3 Å². The van der Waals surface area contributed by atoms with Gasteiger partial charge < -0.3 is 47.6 Å². The third kappa shape index (κ3) is 13.8. The van der Waals surface area contributed by atoms with Crippen molar-refractivity contribution in [3.05, 3.63) is 65.2 Å². The molecular formula is C42H59N7O11. The molecule has 0 spiro atoms. The highest BCUT2D eigenvalue weighted by molar-refractivity contribution is 5.97. The summed E-state index contributed by atoms with van der Waals surface area (Å²) in [4.78, 5) is 104. The summed E-state index contributed by atoms with van der Waals surface area (Å²) >= 11 is 0. The zero-order valence-corrected chi connectivity index (χ0v) is 34.7. The van der Waals surface area contributed by atoms with Gasteiger partial charge in [-0.25, -0.2) is 0 Å². The summed E-state index contributed by atoms with van der Waals surface area (Å²) in [5.41, 5.74) is 5.75. The summed E-state index contributed by atoms with van der Waals surface area (Å²) in [6.45, 7) is 7.99. The molecule has 0 heterocycles. The molecule has 328 valence electrons. The summed E-state index contributed by atoms with van der Waals surface area (Å²) in [5.74, 6) is -7.92. The number of fused-ring (bicyclic) bond motifs is 1. The van der Waals surface area contributed by atoms with Gasteiger partial charge in [0.1, 0.15) is 35.5 Å². The summed E-state index contributed by atoms with van der Waals surface area (Å²) in [5, 5.41) is 45.7. The van der Waals surface area contributed by atoms with Crippen LogP contribution in [0.5, 0.6) is 5.75 Å². The first-order chi connectivity index (χ1) is 28.3. The average molecular weight is 838 g/mol. The van der Waals surface area contributed by atoms with Crippen LogP contribution in [-0.2, 0) is 57.6 Å². The number of benzene rings is 2. The number of aryl methyl sites for hydroxylation is 1. The van der Waals surface area contributed by atoms with E-state index in [9.17, 15) is 53.7 Å². The molecule has 0 aliphatic heterocycles. The van der Waals surface area contributed by atoms with E-state index in [1.165, 1.54) is 13.0 Å². The maximum atomic E-state index is 14.1. The second kappa shape index (κ2) is 22.4. The molecule has 60 heavy (non-hydrogen) atoms. The van der Waals surface area contributed by atoms with Gasteiger partial charge in [0.15, 0.2) is 0 Å². The van der Waals surface area contributed by atoms with E-state index in [-0.39, 0.29) is 25.0 Å². The van der Waals surface area contributed by atoms with Gasteiger partial charge in [-0.05, 0) is 66.8 Å². The van der Waals surface area contributed by atoms with Crippen LogP contribution in [0.15, 0.2) is 48.5 Å². The van der Waals surface area contributed by atoms with Crippen molar-refractivity contribution in [2.24, 2.45) is 17.6 Å². The molecule has 2 aromatic carbocycles. The van der Waals surface area contributed by atoms with Crippen molar-refractivity contribution in [2.75, 3.05) is 6.54 Å². The smallest absolute Gasteiger partial charge is 0.324 e. The van der Waals surface area contributed by atoms with Crippen LogP contribution in [0.1, 0.15) is 83.4 Å². The molecule has 11 N–H and O–H groups in total. The Morgan fingerprint density at radius 3 is 1.90 bits per heavy atom. The van der Waals surface area contributed by atoms with E-state index in [4.69, 9.17) is 5.73 Å². The van der Waals surface area contributed by atoms with Crippen LogP contribution < -0.4 is 37.6 Å². The molecule has 0 fully saturated rings. The number of phenols is 1. The zero-order chi connectivity index (χ0) is 44.7. The number of nitrogens with one attached hydrogen (secondary N) is 6. The third-order valence-electron chi connectivity index (χ3n) is 11.0. The van der Waals surface area contributed by atoms with Crippen LogP contribution in [-0.4, -0.2) is 105 Å². The van der Waals surface area contributed by atoms with Gasteiger partial charge in [-0.2, -0.15) is 0 Å². The van der Waals surface area contributed by atoms with Gasteiger partial charge in [0.2, 0.25) is 35.4 Å². The number of amides is 6. The van der Waals surface area contributed by atoms with E-state index in [0.29, 0.717) is 30.4 Å². The number of carboxylic acid groups (broad SMARTS) is 2. The standard InChI is InChI=1S/C42H59N7O11/c1-6-23(3)34(39(57)44-22-32(43)51)48-40(58)35(24(4)7-2)47-37(55)30(15-16-33(52)53)45-38(56)31(19-26-11-9-8-10-12-26)46-36(54)25(5)49-42(41(59)60)18-17-27-20-29(50)14-13-28(27)21-42/h8-14,20,23-25,30-31,34-35,49-50H,6-7,15-19,21-22H2,1-5H3,(H2,43,51)(H,44,57)(H,45,56)(H,46,54)(H,47,55)(H,48,58)(H,52,53)(H,59,60)/t23-,24-,25+,30-,31-,34-,35-,42-/m0/s1. The fourth-order valence-electron chi connectivity index (χ4n) is 6.98. The molecule has 8 atom stereocenters. The van der Waals surface area contributed by atoms with Crippen molar-refractivity contribution < 1.29 is 53.7 Å². The van der Waals surface area contributed by atoms with Crippen molar-refractivity contribution in [3.63, 3.8) is 0 Å². The molecule has 18 heteroatoms. The van der Waals surface area contributed by atoms with Gasteiger partial charge in [0.05, 0.1) is 12.6 Å². The van der Waals surface area contributed by atoms with Gasteiger partial charge in [0.25, 0.3) is 0 Å². The quantitative estimate of drug-likeness (QED) is 0.0729. The van der Waals surface area contributed by atoms with Crippen LogP contribution in [0.2, 0.25) is 0 Å². The number of primary amides is 1. The number of hydrogen-bond acceptors (Lipinski definition) is 10. The Labute approximate surface area is 349 Å². The van der Waals surface area contributed by atoms with E-state index in [2.05, 4.69) is 31.9 Å². The van der Waals surface area contributed by atoms with Gasteiger partial charge in [-0.15, -0.1) is 0 Å². The Kier molecular flexibility index (Phi) is 18.0. The lowest BCUT2D eigenvalue weighted by atomic mass is 9.77. The number of aromatic hydroxyl groups is 1. The predicted molar refractivity (Wildman–Crippen MR) is 219 cm³/mol. The molecule has 1 aliphatic rings. The highest BCUT2D eigenvalue weighted by Gasteiger charge is 2.44. The zero-order valence-electron chi connectivity index (χ0n) is 34.7. The number of rotatable bonds is 23. The molecule has 0 aromatic heterocycles. The molecule has 6 amide bonds. The Morgan fingerprint density at radius 2 is 1.32 bits per heavy atom. The number of aliphatic carboxylic acids is 2. The SMILES string of the molecule is CC[C@H](C)[C@H](NC(=O)[C@H](CCC(=O)O)NC(=O)[C@H](Cc1ccccc1)NC(=O)[C@@H](C)N[C@@]1(C(=O)O)CCc2cc(O)ccc2C1)C(=O)N[C@H](C(=O)NCC(N)=O)[C@@H](C)CC. The molecule has 0 unspecified atom stereocenters. The minimum Gasteiger partial charge on any atom is -0.508 e. The maximum Gasteiger partial charge on any atom is 0.324 e. The normalized spacial score (nSPS) is 18.1. The van der Waals surface area contributed by atoms with Gasteiger partial charge in [-0.1, -0.05) is 76.9 Å². The molecule has 0 saturated heterocycles. The summed E-state index contributed by atoms with van der Waals surface area (Å²) in [6.07, 6.45) is 0.314. The van der Waals surface area contributed by atoms with Crippen molar-refractivity contribution in [1.82, 2.24) is 31.9 Å². The topological polar surface area (TPSA) is 295 Å². The molecule has 0 radical (unpaired) electrons. The summed E-state index contributed by atoms with van der Waals surface area (Å²) in [6, 6.07) is 7.02. The number of hydrogen-bond donors (Lipinski definition) is 10. The van der Waals surface area contributed by atoms with Gasteiger partial charge >= 0.3 is 11.9 Å². The molecule has 1 aliphatic carbocycles. The van der Waals surface area contributed by atoms with E-state index in [1.807, 2.05) is 0 Å². The number of phenolic OH excluding ortho intramolecular Hbond substituents is 1. The third-order valence-corrected chi connectivity index (χ3v) is 11.0. The lowest BCUT2D eigenvalue weighted by Gasteiger charge is -2.37. The van der Waals surface area contributed by atoms with E-state index >= 15 is 0 Å². The average Bonchev–Trinajstić information content (AvgIpc) is 3.21. The number of carbonyl (C=O) groups excluding carboxylic acids is 6. The fraction of sp³-hybridized carbons (Fsp3) is 0.524. The van der Waals surface area contributed by atoms with Crippen LogP contribution >= 0.6 is 0 Å². The van der Waals surface area contributed by atoms with Crippen molar-refractivity contribution in [3.8, 4) is 5.75 Å². The first-order valence-electron chi connectivity index (χ1n) is 20.2. The lowest BCUT2D eigenvalue weighted by Crippen LogP contribution is -2.63. The largest absolute Gasteiger partial charge is 0.508 e. The van der Waals surface area contributed by atoms with Gasteiger partial charge in [-0.3, -0.25) is 43.7 Å². The predicted octanol–water partition coefficient (Wildman–Crippen LogP) is 0.423. The molecule has 0 bridgehead atoms. The Hall–Kier alpha value is -6.04.